The van der Waals surface area contributed by atoms with Crippen molar-refractivity contribution in [2.75, 3.05) is 7.11 Å². The van der Waals surface area contributed by atoms with Crippen molar-refractivity contribution in [3.05, 3.63) is 34.9 Å². The zero-order valence-corrected chi connectivity index (χ0v) is 10.8. The van der Waals surface area contributed by atoms with Gasteiger partial charge in [0.15, 0.2) is 0 Å². The van der Waals surface area contributed by atoms with Crippen molar-refractivity contribution in [3.63, 3.8) is 0 Å². The van der Waals surface area contributed by atoms with Gasteiger partial charge in [0.2, 0.25) is 0 Å². The van der Waals surface area contributed by atoms with Crippen molar-refractivity contribution < 1.29 is 29.0 Å². The van der Waals surface area contributed by atoms with E-state index in [9.17, 15) is 19.2 Å². The largest absolute Gasteiger partial charge is 0.496 e. The van der Waals surface area contributed by atoms with E-state index in [1.807, 2.05) is 10.6 Å². The molecule has 108 valence electrons. The second kappa shape index (κ2) is 5.45. The maximum atomic E-state index is 11.6. The molecule has 1 heterocycles. The first-order valence-corrected chi connectivity index (χ1v) is 5.72. The summed E-state index contributed by atoms with van der Waals surface area (Å²) in [6.45, 7) is 0. The van der Waals surface area contributed by atoms with E-state index in [1.54, 1.807) is 0 Å². The van der Waals surface area contributed by atoms with Crippen molar-refractivity contribution in [2.24, 2.45) is 0 Å². The maximum absolute atomic E-state index is 11.6. The van der Waals surface area contributed by atoms with Gasteiger partial charge in [0.25, 0.3) is 11.8 Å². The number of carboxylic acid groups (broad SMARTS) is 1. The molecular weight excluding hydrogens is 280 g/mol. The fraction of sp³-hybridized carbons (Fsp3) is 0.0769. The smallest absolute Gasteiger partial charge is 0.339 e. The van der Waals surface area contributed by atoms with E-state index >= 15 is 0 Å². The van der Waals surface area contributed by atoms with Crippen LogP contribution in [0.2, 0.25) is 0 Å². The molecule has 3 N–H and O–H groups in total. The Bertz CT molecular complexity index is 670. The van der Waals surface area contributed by atoms with E-state index < -0.39 is 23.8 Å². The third-order valence-corrected chi connectivity index (χ3v) is 2.71. The first-order valence-electron chi connectivity index (χ1n) is 5.72. The lowest BCUT2D eigenvalue weighted by atomic mass is 10.1. The molecule has 2 rings (SSSR count). The fourth-order valence-electron chi connectivity index (χ4n) is 1.76. The molecule has 0 spiro atoms. The lowest BCUT2D eigenvalue weighted by molar-refractivity contribution is -0.123. The van der Waals surface area contributed by atoms with Gasteiger partial charge in [0.1, 0.15) is 16.9 Å². The third kappa shape index (κ3) is 2.89. The molecule has 4 amide bonds. The number of rotatable bonds is 3. The molecule has 1 fully saturated rings. The summed E-state index contributed by atoms with van der Waals surface area (Å²) >= 11 is 0. The molecule has 0 unspecified atom stereocenters. The number of methoxy groups -OCH3 is 1. The summed E-state index contributed by atoms with van der Waals surface area (Å²) in [5, 5.41) is 12.9. The summed E-state index contributed by atoms with van der Waals surface area (Å²) in [5.74, 6) is -2.76. The molecule has 0 saturated carbocycles. The van der Waals surface area contributed by atoms with Gasteiger partial charge in [-0.3, -0.25) is 20.2 Å². The van der Waals surface area contributed by atoms with Crippen LogP contribution in [0.1, 0.15) is 15.9 Å². The van der Waals surface area contributed by atoms with Crippen LogP contribution in [0.15, 0.2) is 23.8 Å². The second-order valence-corrected chi connectivity index (χ2v) is 4.06. The molecule has 0 radical (unpaired) electrons. The van der Waals surface area contributed by atoms with Gasteiger partial charge in [-0.05, 0) is 23.8 Å². The fourth-order valence-corrected chi connectivity index (χ4v) is 1.76. The summed E-state index contributed by atoms with van der Waals surface area (Å²) in [6.07, 6.45) is 1.18. The number of carboxylic acids is 1. The van der Waals surface area contributed by atoms with Crippen molar-refractivity contribution in [1.29, 1.82) is 0 Å². The van der Waals surface area contributed by atoms with Crippen LogP contribution >= 0.6 is 0 Å². The maximum Gasteiger partial charge on any atom is 0.339 e. The lowest BCUT2D eigenvalue weighted by Crippen LogP contribution is -2.51. The Kier molecular flexibility index (Phi) is 3.70. The van der Waals surface area contributed by atoms with Gasteiger partial charge in [0.05, 0.1) is 7.11 Å². The molecule has 1 aromatic rings. The van der Waals surface area contributed by atoms with Crippen molar-refractivity contribution in [3.8, 4) is 5.75 Å². The Hall–Kier alpha value is -3.16. The Morgan fingerprint density at radius 2 is 1.81 bits per heavy atom. The van der Waals surface area contributed by atoms with Gasteiger partial charge in [0, 0.05) is 0 Å². The van der Waals surface area contributed by atoms with Gasteiger partial charge < -0.3 is 9.84 Å². The summed E-state index contributed by atoms with van der Waals surface area (Å²) < 4.78 is 4.90. The number of nitrogens with one attached hydrogen (secondary N) is 2. The molecule has 1 saturated heterocycles. The monoisotopic (exact) mass is 290 g/mol. The number of aromatic carboxylic acids is 1. The number of hydrogen-bond acceptors (Lipinski definition) is 5. The molecule has 0 atom stereocenters. The minimum absolute atomic E-state index is 0.112. The summed E-state index contributed by atoms with van der Waals surface area (Å²) in [5.41, 5.74) is -0.0986. The molecule has 0 aromatic heterocycles. The van der Waals surface area contributed by atoms with Crippen LogP contribution in [0.25, 0.3) is 6.08 Å². The number of hydrogen-bond donors (Lipinski definition) is 3. The number of carbonyl (C=O) groups is 4. The van der Waals surface area contributed by atoms with Gasteiger partial charge in [-0.25, -0.2) is 9.59 Å². The predicted molar refractivity (Wildman–Crippen MR) is 69.6 cm³/mol. The first kappa shape index (κ1) is 14.3. The van der Waals surface area contributed by atoms with Crippen LogP contribution in [0.3, 0.4) is 0 Å². The van der Waals surface area contributed by atoms with Crippen LogP contribution in [-0.4, -0.2) is 36.0 Å². The van der Waals surface area contributed by atoms with Crippen LogP contribution in [-0.2, 0) is 9.59 Å². The molecule has 0 aliphatic carbocycles. The number of imide groups is 2. The molecule has 1 aliphatic rings. The lowest BCUT2D eigenvalue weighted by Gasteiger charge is -2.14. The van der Waals surface area contributed by atoms with E-state index in [2.05, 4.69) is 0 Å². The zero-order chi connectivity index (χ0) is 15.6. The van der Waals surface area contributed by atoms with E-state index in [4.69, 9.17) is 9.84 Å². The molecule has 0 bridgehead atoms. The van der Waals surface area contributed by atoms with E-state index in [1.165, 1.54) is 31.4 Å². The number of carbonyl (C=O) groups excluding carboxylic acids is 3. The minimum atomic E-state index is -1.21. The van der Waals surface area contributed by atoms with E-state index in [0.29, 0.717) is 5.56 Å². The molecule has 1 aromatic carbocycles. The van der Waals surface area contributed by atoms with E-state index in [0.717, 1.165) is 0 Å². The SMILES string of the molecule is COc1ccc(C=C2C(=O)NC(=O)NC2=O)cc1C(=O)O. The number of barbiturate groups is 1. The first-order chi connectivity index (χ1) is 9.92. The van der Waals surface area contributed by atoms with E-state index in [-0.39, 0.29) is 16.9 Å². The average molecular weight is 290 g/mol. The Balaban J connectivity index is 2.43. The highest BCUT2D eigenvalue weighted by Crippen LogP contribution is 2.21. The summed E-state index contributed by atoms with van der Waals surface area (Å²) in [6, 6.07) is 3.24. The average Bonchev–Trinajstić information content (AvgIpc) is 2.42. The number of benzene rings is 1. The minimum Gasteiger partial charge on any atom is -0.496 e. The number of ether oxygens (including phenoxy) is 1. The zero-order valence-electron chi connectivity index (χ0n) is 10.8. The van der Waals surface area contributed by atoms with Crippen molar-refractivity contribution >= 4 is 29.9 Å². The molecular formula is C13H10N2O6. The molecule has 1 aliphatic heterocycles. The van der Waals surface area contributed by atoms with Crippen LogP contribution < -0.4 is 15.4 Å². The van der Waals surface area contributed by atoms with Crippen molar-refractivity contribution in [2.45, 2.75) is 0 Å². The van der Waals surface area contributed by atoms with Crippen LogP contribution in [0.4, 0.5) is 4.79 Å². The topological polar surface area (TPSA) is 122 Å². The van der Waals surface area contributed by atoms with Gasteiger partial charge in [-0.1, -0.05) is 6.07 Å². The van der Waals surface area contributed by atoms with Crippen molar-refractivity contribution in [1.82, 2.24) is 10.6 Å². The summed E-state index contributed by atoms with van der Waals surface area (Å²) in [4.78, 5) is 45.1. The predicted octanol–water partition coefficient (Wildman–Crippen LogP) is 0.143. The van der Waals surface area contributed by atoms with Gasteiger partial charge >= 0.3 is 12.0 Å². The Labute approximate surface area is 118 Å². The standard InChI is InChI=1S/C13H10N2O6/c1-21-9-3-2-6(4-7(9)12(18)19)5-8-10(16)14-13(20)15-11(8)17/h2-5H,1H3,(H,18,19)(H2,14,15,16,17,20). The van der Waals surface area contributed by atoms with Gasteiger partial charge in [-0.15, -0.1) is 0 Å². The van der Waals surface area contributed by atoms with Crippen LogP contribution in [0.5, 0.6) is 5.75 Å². The van der Waals surface area contributed by atoms with Crippen LogP contribution in [0, 0.1) is 0 Å². The third-order valence-electron chi connectivity index (χ3n) is 2.71. The Morgan fingerprint density at radius 1 is 1.19 bits per heavy atom. The molecule has 8 heteroatoms. The van der Waals surface area contributed by atoms with Gasteiger partial charge in [-0.2, -0.15) is 0 Å². The second-order valence-electron chi connectivity index (χ2n) is 4.06. The quantitative estimate of drug-likeness (QED) is 0.538. The molecule has 8 nitrogen and oxygen atoms in total. The normalized spacial score (nSPS) is 14.3. The summed E-state index contributed by atoms with van der Waals surface area (Å²) in [7, 11) is 1.33. The highest BCUT2D eigenvalue weighted by Gasteiger charge is 2.27. The number of urea groups is 1. The Morgan fingerprint density at radius 3 is 2.33 bits per heavy atom. The molecule has 21 heavy (non-hydrogen) atoms. The highest BCUT2D eigenvalue weighted by atomic mass is 16.5. The number of amides is 4. The highest BCUT2D eigenvalue weighted by molar-refractivity contribution is 6.31.